The third-order valence-electron chi connectivity index (χ3n) is 3.40. The van der Waals surface area contributed by atoms with Crippen LogP contribution in [0.5, 0.6) is 0 Å². The molecule has 1 saturated carbocycles. The molecule has 2 rings (SSSR count). The first-order valence-corrected chi connectivity index (χ1v) is 6.02. The molecule has 0 saturated heterocycles. The highest BCUT2D eigenvalue weighted by Crippen LogP contribution is 2.25. The lowest BCUT2D eigenvalue weighted by Gasteiger charge is -2.12. The fraction of sp³-hybridized carbons (Fsp3) is 0.667. The largest absolute Gasteiger partial charge is 0.330 e. The van der Waals surface area contributed by atoms with Crippen molar-refractivity contribution in [2.24, 2.45) is 5.92 Å². The van der Waals surface area contributed by atoms with Crippen molar-refractivity contribution in [1.29, 1.82) is 0 Å². The molecule has 1 fully saturated rings. The molecule has 1 aliphatic rings. The van der Waals surface area contributed by atoms with Gasteiger partial charge in [0.2, 0.25) is 0 Å². The first-order valence-electron chi connectivity index (χ1n) is 6.02. The molecule has 4 heteroatoms. The Morgan fingerprint density at radius 3 is 2.62 bits per heavy atom. The topological polar surface area (TPSA) is 44.0 Å². The van der Waals surface area contributed by atoms with E-state index in [2.05, 4.69) is 0 Å². The SMILES string of the molecule is CCn1ccc(=O)n(CC2CCCC2)c1=O. The van der Waals surface area contributed by atoms with Crippen LogP contribution in [-0.4, -0.2) is 9.13 Å². The molecule has 88 valence electrons. The lowest BCUT2D eigenvalue weighted by Crippen LogP contribution is -2.40. The van der Waals surface area contributed by atoms with Gasteiger partial charge in [0, 0.05) is 25.4 Å². The van der Waals surface area contributed by atoms with Crippen LogP contribution in [0, 0.1) is 5.92 Å². The molecule has 4 nitrogen and oxygen atoms in total. The van der Waals surface area contributed by atoms with Crippen LogP contribution in [0.4, 0.5) is 0 Å². The Hall–Kier alpha value is -1.32. The van der Waals surface area contributed by atoms with E-state index in [0.29, 0.717) is 19.0 Å². The minimum absolute atomic E-state index is 0.165. The molecule has 1 aliphatic carbocycles. The fourth-order valence-electron chi connectivity index (χ4n) is 2.42. The van der Waals surface area contributed by atoms with Crippen molar-refractivity contribution < 1.29 is 0 Å². The molecule has 0 atom stereocenters. The molecule has 0 bridgehead atoms. The maximum atomic E-state index is 11.9. The maximum Gasteiger partial charge on any atom is 0.330 e. The second kappa shape index (κ2) is 4.68. The van der Waals surface area contributed by atoms with E-state index in [0.717, 1.165) is 12.8 Å². The van der Waals surface area contributed by atoms with Crippen molar-refractivity contribution in [3.8, 4) is 0 Å². The highest BCUT2D eigenvalue weighted by molar-refractivity contribution is 4.87. The van der Waals surface area contributed by atoms with Gasteiger partial charge in [-0.25, -0.2) is 4.79 Å². The molecule has 0 spiro atoms. The molecule has 0 aliphatic heterocycles. The lowest BCUT2D eigenvalue weighted by atomic mass is 10.1. The minimum atomic E-state index is -0.165. The van der Waals surface area contributed by atoms with Crippen molar-refractivity contribution >= 4 is 0 Å². The number of hydrogen-bond donors (Lipinski definition) is 0. The lowest BCUT2D eigenvalue weighted by molar-refractivity contribution is 0.424. The van der Waals surface area contributed by atoms with Crippen molar-refractivity contribution in [2.45, 2.75) is 45.7 Å². The van der Waals surface area contributed by atoms with E-state index in [1.165, 1.54) is 23.5 Å². The summed E-state index contributed by atoms with van der Waals surface area (Å²) in [5.41, 5.74) is -0.330. The minimum Gasteiger partial charge on any atom is -0.301 e. The normalized spacial score (nSPS) is 16.8. The van der Waals surface area contributed by atoms with Crippen LogP contribution < -0.4 is 11.2 Å². The molecule has 1 aromatic rings. The van der Waals surface area contributed by atoms with E-state index in [1.54, 1.807) is 10.8 Å². The van der Waals surface area contributed by atoms with Crippen molar-refractivity contribution in [2.75, 3.05) is 0 Å². The van der Waals surface area contributed by atoms with Gasteiger partial charge in [0.1, 0.15) is 0 Å². The standard InChI is InChI=1S/C12H18N2O2/c1-2-13-8-7-11(15)14(12(13)16)9-10-5-3-4-6-10/h7-8,10H,2-6,9H2,1H3. The van der Waals surface area contributed by atoms with Gasteiger partial charge in [0.25, 0.3) is 5.56 Å². The molecular weight excluding hydrogens is 204 g/mol. The third-order valence-corrected chi connectivity index (χ3v) is 3.40. The summed E-state index contributed by atoms with van der Waals surface area (Å²) in [5.74, 6) is 0.512. The van der Waals surface area contributed by atoms with E-state index < -0.39 is 0 Å². The van der Waals surface area contributed by atoms with Gasteiger partial charge in [0.15, 0.2) is 0 Å². The maximum absolute atomic E-state index is 11.9. The molecule has 1 heterocycles. The van der Waals surface area contributed by atoms with Crippen LogP contribution in [-0.2, 0) is 13.1 Å². The van der Waals surface area contributed by atoms with E-state index in [1.807, 2.05) is 6.92 Å². The molecule has 0 unspecified atom stereocenters. The first kappa shape index (κ1) is 11.2. The van der Waals surface area contributed by atoms with E-state index >= 15 is 0 Å². The van der Waals surface area contributed by atoms with Gasteiger partial charge >= 0.3 is 5.69 Å². The van der Waals surface area contributed by atoms with Gasteiger partial charge in [-0.05, 0) is 25.7 Å². The van der Waals surface area contributed by atoms with Gasteiger partial charge in [0.05, 0.1) is 0 Å². The van der Waals surface area contributed by atoms with Crippen LogP contribution in [0.1, 0.15) is 32.6 Å². The Kier molecular flexibility index (Phi) is 3.27. The van der Waals surface area contributed by atoms with Crippen LogP contribution in [0.2, 0.25) is 0 Å². The molecule has 0 amide bonds. The second-order valence-electron chi connectivity index (χ2n) is 4.48. The predicted octanol–water partition coefficient (Wildman–Crippen LogP) is 1.22. The summed E-state index contributed by atoms with van der Waals surface area (Å²) >= 11 is 0. The summed E-state index contributed by atoms with van der Waals surface area (Å²) in [6.45, 7) is 3.12. The molecule has 16 heavy (non-hydrogen) atoms. The van der Waals surface area contributed by atoms with Gasteiger partial charge in [-0.3, -0.25) is 9.36 Å². The highest BCUT2D eigenvalue weighted by Gasteiger charge is 2.17. The van der Waals surface area contributed by atoms with Crippen LogP contribution in [0.3, 0.4) is 0 Å². The highest BCUT2D eigenvalue weighted by atomic mass is 16.2. The van der Waals surface area contributed by atoms with Crippen molar-refractivity contribution in [3.05, 3.63) is 33.1 Å². The van der Waals surface area contributed by atoms with E-state index in [-0.39, 0.29) is 11.2 Å². The Balaban J connectivity index is 2.31. The number of hydrogen-bond acceptors (Lipinski definition) is 2. The Morgan fingerprint density at radius 2 is 2.00 bits per heavy atom. The smallest absolute Gasteiger partial charge is 0.301 e. The zero-order chi connectivity index (χ0) is 11.5. The van der Waals surface area contributed by atoms with Gasteiger partial charge < -0.3 is 4.57 Å². The van der Waals surface area contributed by atoms with Crippen LogP contribution in [0.25, 0.3) is 0 Å². The molecule has 0 aromatic carbocycles. The van der Waals surface area contributed by atoms with E-state index in [9.17, 15) is 9.59 Å². The molecular formula is C12H18N2O2. The summed E-state index contributed by atoms with van der Waals surface area (Å²) < 4.78 is 2.97. The van der Waals surface area contributed by atoms with Gasteiger partial charge in [-0.15, -0.1) is 0 Å². The van der Waals surface area contributed by atoms with Crippen molar-refractivity contribution in [1.82, 2.24) is 9.13 Å². The van der Waals surface area contributed by atoms with Gasteiger partial charge in [-0.2, -0.15) is 0 Å². The Bertz CT molecular complexity index is 467. The molecule has 0 N–H and O–H groups in total. The van der Waals surface area contributed by atoms with Crippen LogP contribution in [0.15, 0.2) is 21.9 Å². The number of aryl methyl sites for hydroxylation is 1. The monoisotopic (exact) mass is 222 g/mol. The average molecular weight is 222 g/mol. The Morgan fingerprint density at radius 1 is 1.31 bits per heavy atom. The average Bonchev–Trinajstić information content (AvgIpc) is 2.77. The van der Waals surface area contributed by atoms with Crippen LogP contribution >= 0.6 is 0 Å². The number of aromatic nitrogens is 2. The quantitative estimate of drug-likeness (QED) is 0.771. The predicted molar refractivity (Wildman–Crippen MR) is 62.6 cm³/mol. The summed E-state index contributed by atoms with van der Waals surface area (Å²) in [7, 11) is 0. The summed E-state index contributed by atoms with van der Waals surface area (Å²) in [6.07, 6.45) is 6.33. The van der Waals surface area contributed by atoms with Gasteiger partial charge in [-0.1, -0.05) is 12.8 Å². The fourth-order valence-corrected chi connectivity index (χ4v) is 2.42. The number of nitrogens with zero attached hydrogens (tertiary/aromatic N) is 2. The number of rotatable bonds is 3. The Labute approximate surface area is 94.5 Å². The summed E-state index contributed by atoms with van der Waals surface area (Å²) in [6, 6.07) is 1.49. The summed E-state index contributed by atoms with van der Waals surface area (Å²) in [5, 5.41) is 0. The van der Waals surface area contributed by atoms with Crippen molar-refractivity contribution in [3.63, 3.8) is 0 Å². The third kappa shape index (κ3) is 2.10. The zero-order valence-electron chi connectivity index (χ0n) is 9.69. The van der Waals surface area contributed by atoms with E-state index in [4.69, 9.17) is 0 Å². The summed E-state index contributed by atoms with van der Waals surface area (Å²) in [4.78, 5) is 23.6. The molecule has 1 aromatic heterocycles. The first-order chi connectivity index (χ1) is 7.72. The zero-order valence-corrected chi connectivity index (χ0v) is 9.69. The second-order valence-corrected chi connectivity index (χ2v) is 4.48. The molecule has 0 radical (unpaired) electrons.